The predicted octanol–water partition coefficient (Wildman–Crippen LogP) is 8.34. The molecule has 2 heterocycles. The standard InChI is InChI=1S/C40H50F5N3O4/c1-8-52-33(50)22-39(7,35-36(41)27(6)20-29(37(35)42)34-25(4)13-12-14-26(34)5)46-38(51)31(19-24(2)3)48-23-28(15-18-47-16-10-9-11-17-47)30(21-32(48)49)40(43,44)45/h12-14,20-21,23-24,31H,8-11,15-19,22H2,1-7H3,(H,46,51)/t31?,39-/m1/s1. The van der Waals surface area contributed by atoms with E-state index in [9.17, 15) is 27.6 Å². The third kappa shape index (κ3) is 9.29. The number of hydrogen-bond acceptors (Lipinski definition) is 5. The van der Waals surface area contributed by atoms with Crippen LogP contribution in [0.1, 0.15) is 99.2 Å². The zero-order chi connectivity index (χ0) is 38.5. The summed E-state index contributed by atoms with van der Waals surface area (Å²) < 4.78 is 82.0. The molecule has 2 atom stereocenters. The van der Waals surface area contributed by atoms with E-state index in [-0.39, 0.29) is 42.1 Å². The van der Waals surface area contributed by atoms with Gasteiger partial charge in [-0.15, -0.1) is 0 Å². The van der Waals surface area contributed by atoms with E-state index in [1.54, 1.807) is 46.8 Å². The summed E-state index contributed by atoms with van der Waals surface area (Å²) in [5.74, 6) is -3.93. The summed E-state index contributed by atoms with van der Waals surface area (Å²) >= 11 is 0. The molecule has 3 aromatic rings. The topological polar surface area (TPSA) is 80.6 Å². The molecule has 0 saturated carbocycles. The quantitative estimate of drug-likeness (QED) is 0.141. The molecule has 0 radical (unpaired) electrons. The molecule has 1 amide bonds. The first-order valence-corrected chi connectivity index (χ1v) is 18.0. The molecule has 1 fully saturated rings. The minimum atomic E-state index is -4.81. The second kappa shape index (κ2) is 16.7. The molecule has 0 spiro atoms. The lowest BCUT2D eigenvalue weighted by atomic mass is 9.82. The van der Waals surface area contributed by atoms with E-state index < -0.39 is 64.4 Å². The molecule has 2 aromatic carbocycles. The van der Waals surface area contributed by atoms with Crippen molar-refractivity contribution in [3.05, 3.63) is 91.9 Å². The number of amides is 1. The van der Waals surface area contributed by atoms with Crippen molar-refractivity contribution in [3.8, 4) is 11.1 Å². The zero-order valence-electron chi connectivity index (χ0n) is 31.1. The molecule has 1 saturated heterocycles. The number of nitrogens with zero attached hydrogens (tertiary/aromatic N) is 2. The number of hydrogen-bond donors (Lipinski definition) is 1. The number of carbonyl (C=O) groups excluding carboxylic acids is 2. The maximum atomic E-state index is 16.9. The number of pyridine rings is 1. The normalized spacial score (nSPS) is 15.7. The maximum absolute atomic E-state index is 16.9. The average Bonchev–Trinajstić information content (AvgIpc) is 3.05. The summed E-state index contributed by atoms with van der Waals surface area (Å²) in [7, 11) is 0. The maximum Gasteiger partial charge on any atom is 0.416 e. The van der Waals surface area contributed by atoms with Crippen LogP contribution in [0.3, 0.4) is 0 Å². The van der Waals surface area contributed by atoms with Crippen molar-refractivity contribution in [2.24, 2.45) is 5.92 Å². The van der Waals surface area contributed by atoms with E-state index in [2.05, 4.69) is 10.2 Å². The first kappa shape index (κ1) is 40.7. The number of ether oxygens (including phenoxy) is 1. The second-order valence-corrected chi connectivity index (χ2v) is 14.6. The van der Waals surface area contributed by atoms with Gasteiger partial charge in [0, 0.05) is 24.4 Å². The van der Waals surface area contributed by atoms with E-state index in [1.165, 1.54) is 19.9 Å². The lowest BCUT2D eigenvalue weighted by Crippen LogP contribution is -2.50. The Morgan fingerprint density at radius 3 is 2.17 bits per heavy atom. The Bertz CT molecular complexity index is 1810. The lowest BCUT2D eigenvalue weighted by Gasteiger charge is -2.35. The molecule has 1 aliphatic rings. The highest BCUT2D eigenvalue weighted by atomic mass is 19.4. The van der Waals surface area contributed by atoms with E-state index in [1.807, 2.05) is 6.07 Å². The summed E-state index contributed by atoms with van der Waals surface area (Å²) in [5, 5.41) is 2.69. The van der Waals surface area contributed by atoms with Crippen molar-refractivity contribution < 1.29 is 36.3 Å². The van der Waals surface area contributed by atoms with Crippen molar-refractivity contribution in [2.45, 2.75) is 105 Å². The predicted molar refractivity (Wildman–Crippen MR) is 191 cm³/mol. The third-order valence-electron chi connectivity index (χ3n) is 9.83. The van der Waals surface area contributed by atoms with Crippen molar-refractivity contribution in [1.29, 1.82) is 0 Å². The summed E-state index contributed by atoms with van der Waals surface area (Å²) in [4.78, 5) is 43.0. The number of rotatable bonds is 13. The van der Waals surface area contributed by atoms with Gasteiger partial charge in [0.05, 0.1) is 29.7 Å². The van der Waals surface area contributed by atoms with Gasteiger partial charge in [0.15, 0.2) is 0 Å². The van der Waals surface area contributed by atoms with Gasteiger partial charge in [-0.3, -0.25) is 14.4 Å². The van der Waals surface area contributed by atoms with Gasteiger partial charge in [0.1, 0.15) is 17.7 Å². The van der Waals surface area contributed by atoms with Crippen LogP contribution in [0.5, 0.6) is 0 Å². The first-order chi connectivity index (χ1) is 24.4. The largest absolute Gasteiger partial charge is 0.466 e. The van der Waals surface area contributed by atoms with Gasteiger partial charge in [0.25, 0.3) is 5.56 Å². The Hall–Kier alpha value is -4.06. The number of benzene rings is 2. The number of likely N-dealkylation sites (tertiary alicyclic amines) is 1. The zero-order valence-corrected chi connectivity index (χ0v) is 31.1. The fraction of sp³-hybridized carbons (Fsp3) is 0.525. The fourth-order valence-electron chi connectivity index (χ4n) is 7.28. The third-order valence-corrected chi connectivity index (χ3v) is 9.83. The number of halogens is 5. The lowest BCUT2D eigenvalue weighted by molar-refractivity contribution is -0.145. The Morgan fingerprint density at radius 2 is 1.60 bits per heavy atom. The number of esters is 1. The number of nitrogens with one attached hydrogen (secondary N) is 1. The molecule has 0 bridgehead atoms. The molecular formula is C40H50F5N3O4. The van der Waals surface area contributed by atoms with Gasteiger partial charge in [-0.2, -0.15) is 13.2 Å². The molecule has 1 aliphatic heterocycles. The molecule has 284 valence electrons. The number of aromatic nitrogens is 1. The van der Waals surface area contributed by atoms with Gasteiger partial charge in [-0.1, -0.05) is 38.5 Å². The van der Waals surface area contributed by atoms with E-state index in [4.69, 9.17) is 4.74 Å². The minimum absolute atomic E-state index is 0.00456. The van der Waals surface area contributed by atoms with Crippen LogP contribution in [0, 0.1) is 38.3 Å². The summed E-state index contributed by atoms with van der Waals surface area (Å²) in [6.07, 6.45) is -1.44. The van der Waals surface area contributed by atoms with Gasteiger partial charge < -0.3 is 19.5 Å². The second-order valence-electron chi connectivity index (χ2n) is 14.6. The molecule has 0 aliphatic carbocycles. The fourth-order valence-corrected chi connectivity index (χ4v) is 7.28. The van der Waals surface area contributed by atoms with Crippen LogP contribution in [0.4, 0.5) is 22.0 Å². The summed E-state index contributed by atoms with van der Waals surface area (Å²) in [6, 6.07) is 5.91. The highest BCUT2D eigenvalue weighted by Crippen LogP contribution is 2.40. The highest BCUT2D eigenvalue weighted by molar-refractivity contribution is 5.83. The van der Waals surface area contributed by atoms with Crippen molar-refractivity contribution in [3.63, 3.8) is 0 Å². The molecule has 52 heavy (non-hydrogen) atoms. The van der Waals surface area contributed by atoms with E-state index in [0.29, 0.717) is 18.2 Å². The number of piperidine rings is 1. The highest BCUT2D eigenvalue weighted by Gasteiger charge is 2.41. The average molecular weight is 732 g/mol. The van der Waals surface area contributed by atoms with E-state index in [0.717, 1.165) is 54.2 Å². The number of carbonyl (C=O) groups is 2. The number of aryl methyl sites for hydroxylation is 3. The van der Waals surface area contributed by atoms with Gasteiger partial charge >= 0.3 is 12.1 Å². The Kier molecular flexibility index (Phi) is 13.1. The Balaban J connectivity index is 1.86. The van der Waals surface area contributed by atoms with Crippen LogP contribution in [0.2, 0.25) is 0 Å². The molecule has 1 unspecified atom stereocenters. The van der Waals surface area contributed by atoms with Crippen molar-refractivity contribution >= 4 is 11.9 Å². The molecule has 12 heteroatoms. The minimum Gasteiger partial charge on any atom is -0.466 e. The van der Waals surface area contributed by atoms with Crippen LogP contribution >= 0.6 is 0 Å². The molecular weight excluding hydrogens is 681 g/mol. The molecule has 1 aromatic heterocycles. The monoisotopic (exact) mass is 731 g/mol. The van der Waals surface area contributed by atoms with Crippen LogP contribution in [0.25, 0.3) is 11.1 Å². The van der Waals surface area contributed by atoms with Gasteiger partial charge in [-0.25, -0.2) is 8.78 Å². The Morgan fingerprint density at radius 1 is 0.962 bits per heavy atom. The van der Waals surface area contributed by atoms with Crippen molar-refractivity contribution in [2.75, 3.05) is 26.2 Å². The smallest absolute Gasteiger partial charge is 0.416 e. The molecule has 1 N–H and O–H groups in total. The van der Waals surface area contributed by atoms with E-state index >= 15 is 8.78 Å². The first-order valence-electron chi connectivity index (χ1n) is 18.0. The van der Waals surface area contributed by atoms with Crippen LogP contribution < -0.4 is 10.9 Å². The van der Waals surface area contributed by atoms with Gasteiger partial charge in [0.2, 0.25) is 5.91 Å². The van der Waals surface area contributed by atoms with Gasteiger partial charge in [-0.05, 0) is 113 Å². The Labute approximate surface area is 302 Å². The van der Waals surface area contributed by atoms with Crippen molar-refractivity contribution in [1.82, 2.24) is 14.8 Å². The number of alkyl halides is 3. The van der Waals surface area contributed by atoms with Crippen LogP contribution in [0.15, 0.2) is 41.3 Å². The van der Waals surface area contributed by atoms with Crippen LogP contribution in [-0.4, -0.2) is 47.6 Å². The van der Waals surface area contributed by atoms with Crippen LogP contribution in [-0.2, 0) is 32.5 Å². The molecule has 4 rings (SSSR count). The summed E-state index contributed by atoms with van der Waals surface area (Å²) in [5.41, 5.74) is -2.75. The molecule has 7 nitrogen and oxygen atoms in total. The SMILES string of the molecule is CCOC(=O)C[C@@](C)(NC(=O)C(CC(C)C)n1cc(CCN2CCCCC2)c(C(F)(F)F)cc1=O)c1c(F)c(C)cc(-c2c(C)cccc2C)c1F. The summed E-state index contributed by atoms with van der Waals surface area (Å²) in [6.45, 7) is 13.3.